The maximum absolute atomic E-state index is 5.01. The van der Waals surface area contributed by atoms with Crippen molar-refractivity contribution in [2.24, 2.45) is 0 Å². The van der Waals surface area contributed by atoms with E-state index in [0.717, 1.165) is 5.75 Å². The summed E-state index contributed by atoms with van der Waals surface area (Å²) < 4.78 is 0. The molecule has 0 spiro atoms. The predicted octanol–water partition coefficient (Wildman–Crippen LogP) is 5.99. The lowest BCUT2D eigenvalue weighted by atomic mass is 9.96. The molecule has 2 aliphatic heterocycles. The van der Waals surface area contributed by atoms with E-state index in [1.807, 2.05) is 23.5 Å². The van der Waals surface area contributed by atoms with E-state index < -0.39 is 0 Å². The molecule has 4 heteroatoms. The molecule has 2 nitrogen and oxygen atoms in total. The number of aromatic nitrogens is 2. The molecule has 0 saturated carbocycles. The normalized spacial score (nSPS) is 20.5. The topological polar surface area (TPSA) is 25.8 Å². The fraction of sp³-hybridized carbons (Fsp3) is 0.545. The molecule has 0 amide bonds. The highest BCUT2D eigenvalue weighted by molar-refractivity contribution is 8.00. The highest BCUT2D eigenvalue weighted by Crippen LogP contribution is 2.39. The average molecular weight is 385 g/mol. The van der Waals surface area contributed by atoms with Crippen LogP contribution in [0, 0.1) is 0 Å². The van der Waals surface area contributed by atoms with Gasteiger partial charge in [0.1, 0.15) is 0 Å². The number of hydrogen-bond acceptors (Lipinski definition) is 4. The summed E-state index contributed by atoms with van der Waals surface area (Å²) in [6.07, 6.45) is 4.79. The van der Waals surface area contributed by atoms with E-state index in [1.54, 1.807) is 0 Å². The molecule has 4 rings (SSSR count). The van der Waals surface area contributed by atoms with Crippen LogP contribution in [0.1, 0.15) is 73.7 Å². The lowest BCUT2D eigenvalue weighted by molar-refractivity contribution is 0.592. The van der Waals surface area contributed by atoms with Crippen LogP contribution >= 0.6 is 23.5 Å². The number of thioether (sulfide) groups is 2. The van der Waals surface area contributed by atoms with Crippen LogP contribution in [0.3, 0.4) is 0 Å². The minimum absolute atomic E-state index is 0.498. The van der Waals surface area contributed by atoms with Crippen molar-refractivity contribution in [2.75, 3.05) is 5.75 Å². The lowest BCUT2D eigenvalue weighted by Gasteiger charge is -2.26. The van der Waals surface area contributed by atoms with Gasteiger partial charge in [0, 0.05) is 22.4 Å². The summed E-state index contributed by atoms with van der Waals surface area (Å²) in [5.74, 6) is 3.34. The number of aryl methyl sites for hydroxylation is 2. The van der Waals surface area contributed by atoms with Crippen molar-refractivity contribution in [1.82, 2.24) is 9.97 Å². The van der Waals surface area contributed by atoms with Crippen LogP contribution in [0.2, 0.25) is 0 Å². The maximum Gasteiger partial charge on any atom is 0.0997 e. The molecule has 26 heavy (non-hydrogen) atoms. The van der Waals surface area contributed by atoms with Crippen LogP contribution in [-0.4, -0.2) is 21.0 Å². The van der Waals surface area contributed by atoms with E-state index in [9.17, 15) is 0 Å². The summed E-state index contributed by atoms with van der Waals surface area (Å²) >= 11 is 4.01. The van der Waals surface area contributed by atoms with E-state index in [-0.39, 0.29) is 0 Å². The molecular formula is C22H28N2S2. The zero-order valence-electron chi connectivity index (χ0n) is 16.0. The minimum atomic E-state index is 0.498. The molecule has 2 aliphatic rings. The van der Waals surface area contributed by atoms with Crippen molar-refractivity contribution in [3.8, 4) is 0 Å². The Bertz CT molecular complexity index is 788. The van der Waals surface area contributed by atoms with E-state index in [4.69, 9.17) is 9.97 Å². The Hall–Kier alpha value is -1.000. The van der Waals surface area contributed by atoms with Crippen LogP contribution in [-0.2, 0) is 18.6 Å². The molecule has 4 heterocycles. The minimum Gasteiger partial charge on any atom is -0.256 e. The third-order valence-electron chi connectivity index (χ3n) is 5.53. The monoisotopic (exact) mass is 384 g/mol. The Morgan fingerprint density at radius 1 is 1.00 bits per heavy atom. The standard InChI is InChI=1S/C22H28N2S2/c1-14(2)19-8-6-17-4-7-18(26-22(17)24-19)12-15(3)20-9-5-16-10-11-25-13-21(16)23-20/h5-6,8-9,14-15,18H,4,7,10-13H2,1-3H3. The molecule has 2 aromatic heterocycles. The Labute approximate surface area is 166 Å². The number of hydrogen-bond donors (Lipinski definition) is 0. The van der Waals surface area contributed by atoms with Gasteiger partial charge in [0.05, 0.1) is 10.7 Å². The molecule has 2 atom stereocenters. The highest BCUT2D eigenvalue weighted by Gasteiger charge is 2.24. The maximum atomic E-state index is 5.01. The van der Waals surface area contributed by atoms with Crippen molar-refractivity contribution in [3.05, 3.63) is 52.5 Å². The molecule has 0 bridgehead atoms. The third kappa shape index (κ3) is 3.96. The van der Waals surface area contributed by atoms with E-state index in [1.165, 1.54) is 64.7 Å². The van der Waals surface area contributed by atoms with Gasteiger partial charge in [-0.15, -0.1) is 11.8 Å². The Morgan fingerprint density at radius 2 is 1.81 bits per heavy atom. The van der Waals surface area contributed by atoms with Gasteiger partial charge in [-0.1, -0.05) is 32.9 Å². The van der Waals surface area contributed by atoms with Crippen molar-refractivity contribution in [2.45, 2.75) is 74.3 Å². The van der Waals surface area contributed by atoms with Gasteiger partial charge < -0.3 is 0 Å². The van der Waals surface area contributed by atoms with Crippen LogP contribution in [0.4, 0.5) is 0 Å². The predicted molar refractivity (Wildman–Crippen MR) is 113 cm³/mol. The van der Waals surface area contributed by atoms with Gasteiger partial charge >= 0.3 is 0 Å². The first-order valence-corrected chi connectivity index (χ1v) is 11.9. The van der Waals surface area contributed by atoms with Crippen molar-refractivity contribution < 1.29 is 0 Å². The van der Waals surface area contributed by atoms with Crippen LogP contribution in [0.5, 0.6) is 0 Å². The summed E-state index contributed by atoms with van der Waals surface area (Å²) in [6.45, 7) is 6.79. The lowest BCUT2D eigenvalue weighted by Crippen LogP contribution is -2.16. The molecule has 0 aliphatic carbocycles. The van der Waals surface area contributed by atoms with E-state index in [2.05, 4.69) is 45.0 Å². The Kier molecular flexibility index (Phi) is 5.61. The van der Waals surface area contributed by atoms with Crippen LogP contribution in [0.15, 0.2) is 29.3 Å². The molecule has 0 N–H and O–H groups in total. The summed E-state index contributed by atoms with van der Waals surface area (Å²) in [7, 11) is 0. The second-order valence-corrected chi connectivity index (χ2v) is 10.3. The quantitative estimate of drug-likeness (QED) is 0.646. The smallest absolute Gasteiger partial charge is 0.0997 e. The van der Waals surface area contributed by atoms with Crippen LogP contribution in [0.25, 0.3) is 0 Å². The van der Waals surface area contributed by atoms with Crippen LogP contribution < -0.4 is 0 Å². The molecule has 0 aromatic carbocycles. The van der Waals surface area contributed by atoms with Gasteiger partial charge in [-0.25, -0.2) is 4.98 Å². The summed E-state index contributed by atoms with van der Waals surface area (Å²) in [5, 5.41) is 1.93. The average Bonchev–Trinajstić information content (AvgIpc) is 2.67. The molecule has 2 unspecified atom stereocenters. The molecule has 2 aromatic rings. The largest absolute Gasteiger partial charge is 0.256 e. The van der Waals surface area contributed by atoms with Gasteiger partial charge in [-0.2, -0.15) is 11.8 Å². The van der Waals surface area contributed by atoms with Crippen molar-refractivity contribution in [3.63, 3.8) is 0 Å². The summed E-state index contributed by atoms with van der Waals surface area (Å²) in [5.41, 5.74) is 6.73. The zero-order chi connectivity index (χ0) is 18.1. The summed E-state index contributed by atoms with van der Waals surface area (Å²) in [4.78, 5) is 9.96. The highest BCUT2D eigenvalue weighted by atomic mass is 32.2. The molecule has 0 saturated heterocycles. The fourth-order valence-corrected chi connectivity index (χ4v) is 6.20. The fourth-order valence-electron chi connectivity index (χ4n) is 3.84. The number of fused-ring (bicyclic) bond motifs is 2. The molecule has 138 valence electrons. The SMILES string of the molecule is CC(C)c1ccc2c(n1)SC(CC(C)c1ccc3c(n1)CSCC3)CC2. The van der Waals surface area contributed by atoms with Gasteiger partial charge in [0.15, 0.2) is 0 Å². The van der Waals surface area contributed by atoms with E-state index in [0.29, 0.717) is 17.1 Å². The third-order valence-corrected chi connectivity index (χ3v) is 7.84. The number of nitrogens with zero attached hydrogens (tertiary/aromatic N) is 2. The molecule has 0 fully saturated rings. The Balaban J connectivity index is 1.45. The van der Waals surface area contributed by atoms with E-state index >= 15 is 0 Å². The van der Waals surface area contributed by atoms with Gasteiger partial charge in [-0.05, 0) is 66.5 Å². The molecule has 0 radical (unpaired) electrons. The molecular weight excluding hydrogens is 356 g/mol. The van der Waals surface area contributed by atoms with Gasteiger partial charge in [0.25, 0.3) is 0 Å². The Morgan fingerprint density at radius 3 is 2.65 bits per heavy atom. The summed E-state index contributed by atoms with van der Waals surface area (Å²) in [6, 6.07) is 9.11. The number of pyridine rings is 2. The first-order chi connectivity index (χ1) is 12.6. The van der Waals surface area contributed by atoms with Crippen molar-refractivity contribution in [1.29, 1.82) is 0 Å². The number of rotatable bonds is 4. The van der Waals surface area contributed by atoms with Crippen molar-refractivity contribution >= 4 is 23.5 Å². The van der Waals surface area contributed by atoms with Gasteiger partial charge in [0.2, 0.25) is 0 Å². The first-order valence-electron chi connectivity index (χ1n) is 9.83. The second kappa shape index (κ2) is 7.93. The first kappa shape index (κ1) is 18.4. The van der Waals surface area contributed by atoms with Gasteiger partial charge in [-0.3, -0.25) is 4.98 Å². The zero-order valence-corrected chi connectivity index (χ0v) is 17.6. The second-order valence-electron chi connectivity index (χ2n) is 7.91.